The Kier molecular flexibility index (Phi) is 2.82. The van der Waals surface area contributed by atoms with Crippen LogP contribution in [0.15, 0.2) is 24.3 Å². The van der Waals surface area contributed by atoms with Crippen LogP contribution in [0.1, 0.15) is 25.0 Å². The number of aliphatic hydroxyl groups excluding tert-OH is 1. The van der Waals surface area contributed by atoms with Crippen LogP contribution in [0, 0.1) is 6.92 Å². The minimum Gasteiger partial charge on any atom is -0.399 e. The fraction of sp³-hybridized carbons (Fsp3) is 0.400. The molecule has 4 heteroatoms. The summed E-state index contributed by atoms with van der Waals surface area (Å²) in [6.45, 7) is 2.14. The molecule has 19 heavy (non-hydrogen) atoms. The van der Waals surface area contributed by atoms with Crippen LogP contribution in [0.3, 0.4) is 0 Å². The molecule has 1 fully saturated rings. The third-order valence-corrected chi connectivity index (χ3v) is 3.97. The van der Waals surface area contributed by atoms with Crippen molar-refractivity contribution in [3.63, 3.8) is 0 Å². The predicted molar refractivity (Wildman–Crippen MR) is 78.2 cm³/mol. The number of aromatic nitrogens is 1. The fourth-order valence-electron chi connectivity index (χ4n) is 2.69. The number of hydrogen-bond acceptors (Lipinski definition) is 4. The molecule has 1 aromatic carbocycles. The minimum atomic E-state index is -0.161. The van der Waals surface area contributed by atoms with E-state index in [1.165, 1.54) is 0 Å². The lowest BCUT2D eigenvalue weighted by Gasteiger charge is -2.42. The molecule has 4 N–H and O–H groups in total. The third kappa shape index (κ3) is 2.12. The highest BCUT2D eigenvalue weighted by Crippen LogP contribution is 2.37. The van der Waals surface area contributed by atoms with Gasteiger partial charge in [0.15, 0.2) is 0 Å². The number of fused-ring (bicyclic) bond motifs is 1. The van der Waals surface area contributed by atoms with Gasteiger partial charge in [0, 0.05) is 22.5 Å². The second-order valence-electron chi connectivity index (χ2n) is 5.50. The average molecular weight is 257 g/mol. The summed E-state index contributed by atoms with van der Waals surface area (Å²) in [5.74, 6) is 0. The molecule has 0 amide bonds. The van der Waals surface area contributed by atoms with Gasteiger partial charge in [0.1, 0.15) is 0 Å². The van der Waals surface area contributed by atoms with Gasteiger partial charge < -0.3 is 16.2 Å². The molecular weight excluding hydrogens is 238 g/mol. The molecule has 1 aliphatic carbocycles. The molecule has 0 atom stereocenters. The number of anilines is 2. The van der Waals surface area contributed by atoms with Crippen molar-refractivity contribution in [3.05, 3.63) is 30.0 Å². The first-order valence-corrected chi connectivity index (χ1v) is 6.68. The standard InChI is InChI=1S/C15H19N3O/c1-10-7-14(18-15(9-19)5-2-6-15)12-8-11(16)3-4-13(12)17-10/h3-4,7-8,19H,2,5-6,9,16H2,1H3,(H,17,18). The Hall–Kier alpha value is -1.81. The van der Waals surface area contributed by atoms with Gasteiger partial charge in [-0.2, -0.15) is 0 Å². The highest BCUT2D eigenvalue weighted by atomic mass is 16.3. The van der Waals surface area contributed by atoms with Gasteiger partial charge >= 0.3 is 0 Å². The van der Waals surface area contributed by atoms with Crippen LogP contribution in [0.5, 0.6) is 0 Å². The number of hydrogen-bond donors (Lipinski definition) is 3. The maximum absolute atomic E-state index is 9.59. The number of nitrogens with zero attached hydrogens (tertiary/aromatic N) is 1. The van der Waals surface area contributed by atoms with Crippen LogP contribution in [-0.2, 0) is 0 Å². The molecule has 100 valence electrons. The van der Waals surface area contributed by atoms with E-state index in [1.54, 1.807) is 0 Å². The average Bonchev–Trinajstić information content (AvgIpc) is 2.34. The predicted octanol–water partition coefficient (Wildman–Crippen LogP) is 2.45. The van der Waals surface area contributed by atoms with Crippen LogP contribution in [0.4, 0.5) is 11.4 Å². The summed E-state index contributed by atoms with van der Waals surface area (Å²) in [6.07, 6.45) is 3.18. The van der Waals surface area contributed by atoms with Crippen molar-refractivity contribution in [2.45, 2.75) is 31.7 Å². The number of aliphatic hydroxyl groups is 1. The molecule has 3 rings (SSSR count). The molecule has 2 aromatic rings. The number of nitrogens with one attached hydrogen (secondary N) is 1. The number of aryl methyl sites for hydroxylation is 1. The molecule has 1 heterocycles. The van der Waals surface area contributed by atoms with E-state index in [2.05, 4.69) is 10.3 Å². The normalized spacial score (nSPS) is 17.2. The Labute approximate surface area is 112 Å². The van der Waals surface area contributed by atoms with E-state index in [0.29, 0.717) is 0 Å². The first kappa shape index (κ1) is 12.2. The number of nitrogens with two attached hydrogens (primary N) is 1. The smallest absolute Gasteiger partial charge is 0.0727 e. The second-order valence-corrected chi connectivity index (χ2v) is 5.50. The van der Waals surface area contributed by atoms with Crippen LogP contribution in [-0.4, -0.2) is 22.2 Å². The largest absolute Gasteiger partial charge is 0.399 e. The van der Waals surface area contributed by atoms with Gasteiger partial charge in [-0.3, -0.25) is 4.98 Å². The second kappa shape index (κ2) is 4.38. The van der Waals surface area contributed by atoms with Gasteiger partial charge in [-0.15, -0.1) is 0 Å². The van der Waals surface area contributed by atoms with Gasteiger partial charge in [0.2, 0.25) is 0 Å². The summed E-state index contributed by atoms with van der Waals surface area (Å²) in [4.78, 5) is 4.52. The van der Waals surface area contributed by atoms with E-state index in [0.717, 1.165) is 47.2 Å². The van der Waals surface area contributed by atoms with Crippen molar-refractivity contribution >= 4 is 22.3 Å². The number of nitrogen functional groups attached to an aromatic ring is 1. The zero-order chi connectivity index (χ0) is 13.5. The van der Waals surface area contributed by atoms with Crippen molar-refractivity contribution in [1.82, 2.24) is 4.98 Å². The molecule has 1 aliphatic rings. The summed E-state index contributed by atoms with van der Waals surface area (Å²) in [5, 5.41) is 14.1. The Bertz CT molecular complexity index is 615. The minimum absolute atomic E-state index is 0.161. The van der Waals surface area contributed by atoms with Crippen molar-refractivity contribution < 1.29 is 5.11 Å². The van der Waals surface area contributed by atoms with E-state index in [-0.39, 0.29) is 12.1 Å². The molecule has 0 saturated heterocycles. The maximum atomic E-state index is 9.59. The number of rotatable bonds is 3. The van der Waals surface area contributed by atoms with Gasteiger partial charge in [0.25, 0.3) is 0 Å². The zero-order valence-corrected chi connectivity index (χ0v) is 11.1. The van der Waals surface area contributed by atoms with E-state index >= 15 is 0 Å². The number of pyridine rings is 1. The lowest BCUT2D eigenvalue weighted by molar-refractivity contribution is 0.144. The fourth-order valence-corrected chi connectivity index (χ4v) is 2.69. The van der Waals surface area contributed by atoms with E-state index in [9.17, 15) is 5.11 Å². The van der Waals surface area contributed by atoms with Gasteiger partial charge in [0.05, 0.1) is 17.7 Å². The molecule has 4 nitrogen and oxygen atoms in total. The molecule has 0 bridgehead atoms. The van der Waals surface area contributed by atoms with E-state index < -0.39 is 0 Å². The van der Waals surface area contributed by atoms with Crippen molar-refractivity contribution in [2.24, 2.45) is 0 Å². The summed E-state index contributed by atoms with van der Waals surface area (Å²) in [5.41, 5.74) is 9.35. The van der Waals surface area contributed by atoms with Gasteiger partial charge in [-0.1, -0.05) is 0 Å². The molecule has 0 unspecified atom stereocenters. The topological polar surface area (TPSA) is 71.2 Å². The Morgan fingerprint density at radius 1 is 1.37 bits per heavy atom. The Balaban J connectivity index is 2.08. The van der Waals surface area contributed by atoms with Crippen molar-refractivity contribution in [1.29, 1.82) is 0 Å². The molecule has 0 aliphatic heterocycles. The maximum Gasteiger partial charge on any atom is 0.0727 e. The molecular formula is C15H19N3O. The van der Waals surface area contributed by atoms with E-state index in [4.69, 9.17) is 5.73 Å². The Morgan fingerprint density at radius 3 is 2.79 bits per heavy atom. The highest BCUT2D eigenvalue weighted by molar-refractivity contribution is 5.93. The summed E-state index contributed by atoms with van der Waals surface area (Å²) < 4.78 is 0. The van der Waals surface area contributed by atoms with Crippen LogP contribution < -0.4 is 11.1 Å². The molecule has 0 radical (unpaired) electrons. The summed E-state index contributed by atoms with van der Waals surface area (Å²) in [6, 6.07) is 7.77. The van der Waals surface area contributed by atoms with Gasteiger partial charge in [-0.25, -0.2) is 0 Å². The Morgan fingerprint density at radius 2 is 2.16 bits per heavy atom. The SMILES string of the molecule is Cc1cc(NC2(CO)CCC2)c2cc(N)ccc2n1. The first-order valence-electron chi connectivity index (χ1n) is 6.68. The summed E-state index contributed by atoms with van der Waals surface area (Å²) in [7, 11) is 0. The van der Waals surface area contributed by atoms with Crippen LogP contribution >= 0.6 is 0 Å². The molecule has 0 spiro atoms. The highest BCUT2D eigenvalue weighted by Gasteiger charge is 2.36. The monoisotopic (exact) mass is 257 g/mol. The van der Waals surface area contributed by atoms with Gasteiger partial charge in [-0.05, 0) is 50.5 Å². The van der Waals surface area contributed by atoms with Crippen molar-refractivity contribution in [2.75, 3.05) is 17.7 Å². The molecule has 1 aromatic heterocycles. The summed E-state index contributed by atoms with van der Waals surface area (Å²) >= 11 is 0. The first-order chi connectivity index (χ1) is 9.12. The molecule has 1 saturated carbocycles. The zero-order valence-electron chi connectivity index (χ0n) is 11.1. The lowest BCUT2D eigenvalue weighted by atomic mass is 9.77. The van der Waals surface area contributed by atoms with Crippen LogP contribution in [0.2, 0.25) is 0 Å². The quantitative estimate of drug-likeness (QED) is 0.739. The lowest BCUT2D eigenvalue weighted by Crippen LogP contribution is -2.48. The third-order valence-electron chi connectivity index (χ3n) is 3.97. The van der Waals surface area contributed by atoms with Crippen LogP contribution in [0.25, 0.3) is 10.9 Å². The number of benzene rings is 1. The van der Waals surface area contributed by atoms with Crippen molar-refractivity contribution in [3.8, 4) is 0 Å². The van der Waals surface area contributed by atoms with E-state index in [1.807, 2.05) is 31.2 Å².